The molecule has 5 nitrogen and oxygen atoms in total. The molecule has 1 aromatic carbocycles. The van der Waals surface area contributed by atoms with Crippen LogP contribution in [0, 0.1) is 9.10 Å². The van der Waals surface area contributed by atoms with Crippen molar-refractivity contribution in [2.45, 2.75) is 4.90 Å². The molecule has 84 valence electrons. The van der Waals surface area contributed by atoms with Crippen molar-refractivity contribution >= 4 is 40.5 Å². The van der Waals surface area contributed by atoms with Crippen molar-refractivity contribution < 1.29 is 8.42 Å². The van der Waals surface area contributed by atoms with Gasteiger partial charge in [-0.25, -0.2) is 19.1 Å². The quantitative estimate of drug-likeness (QED) is 0.627. The van der Waals surface area contributed by atoms with Gasteiger partial charge in [0.05, 0.1) is 10.6 Å². The highest BCUT2D eigenvalue weighted by molar-refractivity contribution is 14.2. The monoisotopic (exact) mass is 349 g/mol. The van der Waals surface area contributed by atoms with Crippen LogP contribution < -0.4 is 5.14 Å². The molecule has 0 bridgehead atoms. The Morgan fingerprint density at radius 3 is 2.75 bits per heavy atom. The molecule has 0 amide bonds. The van der Waals surface area contributed by atoms with E-state index in [1.165, 1.54) is 12.1 Å². The first-order valence-corrected chi connectivity index (χ1v) is 8.11. The third-order valence-electron chi connectivity index (χ3n) is 2.06. The molecular formula is C9H8IN3O2S. The van der Waals surface area contributed by atoms with Gasteiger partial charge in [-0.05, 0) is 28.3 Å². The molecule has 0 saturated heterocycles. The van der Waals surface area contributed by atoms with Crippen LogP contribution in [0.25, 0.3) is 5.70 Å². The molecule has 0 atom stereocenters. The van der Waals surface area contributed by atoms with Crippen LogP contribution in [0.1, 0.15) is 5.56 Å². The van der Waals surface area contributed by atoms with Crippen LogP contribution in [0.15, 0.2) is 34.3 Å². The fourth-order valence-corrected chi connectivity index (χ4v) is 3.92. The SMILES string of the molecule is N=NC1=CC=Ic2ccc(S(N)(=O)=O)cc21. The third kappa shape index (κ3) is 2.11. The average Bonchev–Trinajstić information content (AvgIpc) is 2.26. The first-order valence-electron chi connectivity index (χ1n) is 4.24. The summed E-state index contributed by atoms with van der Waals surface area (Å²) in [6.45, 7) is 0. The number of nitrogens with zero attached hydrogens (tertiary/aromatic N) is 1. The first-order chi connectivity index (χ1) is 7.52. The van der Waals surface area contributed by atoms with Gasteiger partial charge < -0.3 is 0 Å². The third-order valence-corrected chi connectivity index (χ3v) is 5.31. The van der Waals surface area contributed by atoms with Crippen molar-refractivity contribution in [2.24, 2.45) is 10.3 Å². The zero-order chi connectivity index (χ0) is 11.8. The maximum Gasteiger partial charge on any atom is 0.238 e. The Morgan fingerprint density at radius 1 is 1.38 bits per heavy atom. The summed E-state index contributed by atoms with van der Waals surface area (Å²) < 4.78 is 25.4. The van der Waals surface area contributed by atoms with Gasteiger partial charge in [0, 0.05) is 9.13 Å². The van der Waals surface area contributed by atoms with Gasteiger partial charge in [0.15, 0.2) is 0 Å². The molecule has 1 aromatic rings. The lowest BCUT2D eigenvalue weighted by molar-refractivity contribution is 0.597. The predicted octanol–water partition coefficient (Wildman–Crippen LogP) is 1.66. The number of rotatable bonds is 2. The molecule has 3 N–H and O–H groups in total. The molecule has 0 aliphatic carbocycles. The van der Waals surface area contributed by atoms with Gasteiger partial charge in [0.25, 0.3) is 0 Å². The molecular weight excluding hydrogens is 341 g/mol. The highest BCUT2D eigenvalue weighted by atomic mass is 127. The van der Waals surface area contributed by atoms with Gasteiger partial charge in [0.1, 0.15) is 0 Å². The molecule has 0 fully saturated rings. The van der Waals surface area contributed by atoms with Gasteiger partial charge in [-0.1, -0.05) is 20.7 Å². The van der Waals surface area contributed by atoms with Crippen LogP contribution in [0.5, 0.6) is 0 Å². The highest BCUT2D eigenvalue weighted by Gasteiger charge is 2.14. The summed E-state index contributed by atoms with van der Waals surface area (Å²) in [6.07, 6.45) is 1.75. The molecule has 1 heterocycles. The smallest absolute Gasteiger partial charge is 0.225 e. The molecule has 1 aliphatic heterocycles. The summed E-state index contributed by atoms with van der Waals surface area (Å²) in [5.74, 6) is 0. The number of nitrogens with one attached hydrogen (secondary N) is 1. The van der Waals surface area contributed by atoms with E-state index in [1.54, 1.807) is 12.1 Å². The highest BCUT2D eigenvalue weighted by Crippen LogP contribution is 2.30. The Labute approximate surface area is 103 Å². The van der Waals surface area contributed by atoms with E-state index in [0.29, 0.717) is 11.3 Å². The van der Waals surface area contributed by atoms with E-state index in [1.807, 2.05) is 4.01 Å². The van der Waals surface area contributed by atoms with E-state index in [9.17, 15) is 8.42 Å². The van der Waals surface area contributed by atoms with Crippen LogP contribution in [0.2, 0.25) is 0 Å². The largest absolute Gasteiger partial charge is 0.238 e. The number of primary sulfonamides is 1. The summed E-state index contributed by atoms with van der Waals surface area (Å²) in [5.41, 5.74) is 8.21. The minimum Gasteiger partial charge on any atom is -0.225 e. The minimum atomic E-state index is -3.70. The van der Waals surface area contributed by atoms with Crippen LogP contribution >= 0.6 is 20.7 Å². The Hall–Kier alpha value is -0.930. The first kappa shape index (κ1) is 11.6. The van der Waals surface area contributed by atoms with E-state index in [0.717, 1.165) is 3.57 Å². The van der Waals surface area contributed by atoms with Crippen LogP contribution in [-0.2, 0) is 10.0 Å². The van der Waals surface area contributed by atoms with Gasteiger partial charge in [-0.15, -0.1) is 0 Å². The Kier molecular flexibility index (Phi) is 3.00. The normalized spacial score (nSPS) is 14.7. The van der Waals surface area contributed by atoms with E-state index >= 15 is 0 Å². The van der Waals surface area contributed by atoms with Crippen LogP contribution in [-0.4, -0.2) is 12.4 Å². The van der Waals surface area contributed by atoms with Crippen LogP contribution in [0.3, 0.4) is 0 Å². The fourth-order valence-electron chi connectivity index (χ4n) is 1.32. The van der Waals surface area contributed by atoms with E-state index in [4.69, 9.17) is 10.7 Å². The summed E-state index contributed by atoms with van der Waals surface area (Å²) in [5, 5.41) is 8.43. The molecule has 0 unspecified atom stereocenters. The minimum absolute atomic E-state index is 0.0618. The maximum absolute atomic E-state index is 11.2. The number of halogens is 1. The molecule has 7 heteroatoms. The number of nitrogens with two attached hydrogens (primary N) is 1. The van der Waals surface area contributed by atoms with Crippen LogP contribution in [0.4, 0.5) is 0 Å². The average molecular weight is 349 g/mol. The van der Waals surface area contributed by atoms with Crippen molar-refractivity contribution in [3.05, 3.63) is 33.4 Å². The number of benzene rings is 1. The number of allylic oxidation sites excluding steroid dienone is 1. The lowest BCUT2D eigenvalue weighted by Crippen LogP contribution is -2.12. The zero-order valence-electron chi connectivity index (χ0n) is 8.01. The molecule has 0 radical (unpaired) electrons. The second-order valence-electron chi connectivity index (χ2n) is 3.09. The van der Waals surface area contributed by atoms with Gasteiger partial charge in [0.2, 0.25) is 10.0 Å². The molecule has 16 heavy (non-hydrogen) atoms. The number of fused-ring (bicyclic) bond motifs is 1. The summed E-state index contributed by atoms with van der Waals surface area (Å²) in [6, 6.07) is 4.73. The Bertz CT molecular complexity index is 620. The van der Waals surface area contributed by atoms with Crippen molar-refractivity contribution in [3.8, 4) is 0 Å². The standard InChI is InChI=1S/C9H8IN3O2S/c11-13-9-3-4-10-8-2-1-6(5-7(8)9)16(12,14)15/h1-5,11H,(H2,12,14,15). The summed E-state index contributed by atoms with van der Waals surface area (Å²) in [7, 11) is -3.70. The summed E-state index contributed by atoms with van der Waals surface area (Å²) >= 11 is -0.268. The Morgan fingerprint density at radius 2 is 2.12 bits per heavy atom. The fraction of sp³-hybridized carbons (Fsp3) is 0. The van der Waals surface area contributed by atoms with Gasteiger partial charge in [-0.3, -0.25) is 0 Å². The Balaban J connectivity index is 2.67. The molecule has 0 aromatic heterocycles. The van der Waals surface area contributed by atoms with E-state index < -0.39 is 10.0 Å². The maximum atomic E-state index is 11.2. The summed E-state index contributed by atoms with van der Waals surface area (Å²) in [4.78, 5) is 0.0618. The second kappa shape index (κ2) is 4.15. The van der Waals surface area contributed by atoms with Crippen molar-refractivity contribution in [2.75, 3.05) is 0 Å². The zero-order valence-corrected chi connectivity index (χ0v) is 11.0. The second-order valence-corrected chi connectivity index (χ2v) is 7.15. The van der Waals surface area contributed by atoms with E-state index in [-0.39, 0.29) is 25.6 Å². The van der Waals surface area contributed by atoms with E-state index in [2.05, 4.69) is 5.11 Å². The predicted molar refractivity (Wildman–Crippen MR) is 69.7 cm³/mol. The number of sulfonamides is 1. The molecule has 0 spiro atoms. The lowest BCUT2D eigenvalue weighted by atomic mass is 10.1. The van der Waals surface area contributed by atoms with Crippen molar-refractivity contribution in [1.29, 1.82) is 5.53 Å². The van der Waals surface area contributed by atoms with Gasteiger partial charge >= 0.3 is 0 Å². The molecule has 2 rings (SSSR count). The lowest BCUT2D eigenvalue weighted by Gasteiger charge is -2.09. The topological polar surface area (TPSA) is 96.4 Å². The number of hydrogen-bond donors (Lipinski definition) is 2. The molecule has 1 aliphatic rings. The van der Waals surface area contributed by atoms with Crippen molar-refractivity contribution in [3.63, 3.8) is 0 Å². The molecule has 0 saturated carbocycles. The number of hydrogen-bond acceptors (Lipinski definition) is 4. The van der Waals surface area contributed by atoms with Gasteiger partial charge in [-0.2, -0.15) is 5.11 Å². The van der Waals surface area contributed by atoms with Crippen molar-refractivity contribution in [1.82, 2.24) is 0 Å².